The van der Waals surface area contributed by atoms with E-state index in [-0.39, 0.29) is 30.3 Å². The van der Waals surface area contributed by atoms with Gasteiger partial charge in [0.25, 0.3) is 5.91 Å². The van der Waals surface area contributed by atoms with Crippen LogP contribution in [0.4, 0.5) is 17.2 Å². The Morgan fingerprint density at radius 1 is 1.28 bits per heavy atom. The minimum absolute atomic E-state index is 0.132. The molecule has 0 bridgehead atoms. The van der Waals surface area contributed by atoms with Crippen molar-refractivity contribution in [2.75, 3.05) is 23.9 Å². The maximum atomic E-state index is 12.3. The van der Waals surface area contributed by atoms with E-state index < -0.39 is 0 Å². The Balaban J connectivity index is 1.91. The highest BCUT2D eigenvalue weighted by Crippen LogP contribution is 2.36. The molecule has 1 aliphatic heterocycles. The van der Waals surface area contributed by atoms with Gasteiger partial charge in [0, 0.05) is 10.7 Å². The molecule has 3 rings (SSSR count). The average Bonchev–Trinajstić information content (AvgIpc) is 2.62. The summed E-state index contributed by atoms with van der Waals surface area (Å²) >= 11 is 5.91. The zero-order chi connectivity index (χ0) is 18.0. The smallest absolute Gasteiger partial charge is 0.269 e. The molecule has 130 valence electrons. The standard InChI is InChI=1S/C17H17ClN4O3/c1-10(19-2)16(24)20-14-8-7-13-17(21-14)25-9-15(23)22(13)12-5-3-11(18)4-6-12/h3-8,10,19H,9H2,1-2H3,(H,20,21,24). The molecular formula is C17H17ClN4O3. The molecule has 0 fully saturated rings. The second-order valence-electron chi connectivity index (χ2n) is 5.51. The molecule has 0 aliphatic carbocycles. The van der Waals surface area contributed by atoms with Gasteiger partial charge in [-0.25, -0.2) is 0 Å². The number of amides is 2. The van der Waals surface area contributed by atoms with Crippen LogP contribution in [0.5, 0.6) is 5.88 Å². The largest absolute Gasteiger partial charge is 0.466 e. The lowest BCUT2D eigenvalue weighted by molar-refractivity contribution is -0.120. The molecule has 2 N–H and O–H groups in total. The fourth-order valence-corrected chi connectivity index (χ4v) is 2.47. The van der Waals surface area contributed by atoms with Crippen molar-refractivity contribution in [3.8, 4) is 5.88 Å². The fraction of sp³-hybridized carbons (Fsp3) is 0.235. The minimum Gasteiger partial charge on any atom is -0.466 e. The Bertz CT molecular complexity index is 810. The Morgan fingerprint density at radius 2 is 2.00 bits per heavy atom. The van der Waals surface area contributed by atoms with E-state index in [2.05, 4.69) is 15.6 Å². The molecule has 1 aromatic carbocycles. The maximum absolute atomic E-state index is 12.3. The zero-order valence-corrected chi connectivity index (χ0v) is 14.5. The van der Waals surface area contributed by atoms with Crippen molar-refractivity contribution in [2.24, 2.45) is 0 Å². The first-order valence-electron chi connectivity index (χ1n) is 7.70. The molecule has 1 atom stereocenters. The summed E-state index contributed by atoms with van der Waals surface area (Å²) < 4.78 is 5.42. The predicted molar refractivity (Wildman–Crippen MR) is 95.5 cm³/mol. The number of carbonyl (C=O) groups is 2. The molecule has 1 unspecified atom stereocenters. The number of fused-ring (bicyclic) bond motifs is 1. The lowest BCUT2D eigenvalue weighted by Gasteiger charge is -2.28. The van der Waals surface area contributed by atoms with Crippen LogP contribution in [0.25, 0.3) is 0 Å². The van der Waals surface area contributed by atoms with Gasteiger partial charge < -0.3 is 15.4 Å². The molecule has 7 nitrogen and oxygen atoms in total. The number of benzene rings is 1. The van der Waals surface area contributed by atoms with Crippen LogP contribution in [0.15, 0.2) is 36.4 Å². The van der Waals surface area contributed by atoms with Gasteiger partial charge in [-0.05, 0) is 50.4 Å². The van der Waals surface area contributed by atoms with Crippen LogP contribution in [-0.4, -0.2) is 36.5 Å². The third-order valence-corrected chi connectivity index (χ3v) is 4.08. The summed E-state index contributed by atoms with van der Waals surface area (Å²) in [6, 6.07) is 9.88. The summed E-state index contributed by atoms with van der Waals surface area (Å²) in [5.74, 6) is 0.217. The number of aromatic nitrogens is 1. The van der Waals surface area contributed by atoms with Crippen molar-refractivity contribution in [1.82, 2.24) is 10.3 Å². The van der Waals surface area contributed by atoms with Crippen molar-refractivity contribution >= 4 is 40.6 Å². The highest BCUT2D eigenvalue weighted by Gasteiger charge is 2.28. The molecule has 1 aliphatic rings. The second-order valence-corrected chi connectivity index (χ2v) is 5.95. The van der Waals surface area contributed by atoms with Gasteiger partial charge in [-0.15, -0.1) is 0 Å². The van der Waals surface area contributed by atoms with E-state index in [1.165, 1.54) is 4.90 Å². The van der Waals surface area contributed by atoms with E-state index in [4.69, 9.17) is 16.3 Å². The van der Waals surface area contributed by atoms with Gasteiger partial charge in [0.15, 0.2) is 6.61 Å². The number of nitrogens with zero attached hydrogens (tertiary/aromatic N) is 2. The molecular weight excluding hydrogens is 344 g/mol. The van der Waals surface area contributed by atoms with Crippen LogP contribution in [-0.2, 0) is 9.59 Å². The number of pyridine rings is 1. The van der Waals surface area contributed by atoms with Gasteiger partial charge >= 0.3 is 0 Å². The van der Waals surface area contributed by atoms with Gasteiger partial charge in [-0.1, -0.05) is 11.6 Å². The highest BCUT2D eigenvalue weighted by molar-refractivity contribution is 6.30. The van der Waals surface area contributed by atoms with Crippen LogP contribution < -0.4 is 20.3 Å². The first-order valence-corrected chi connectivity index (χ1v) is 8.08. The zero-order valence-electron chi connectivity index (χ0n) is 13.7. The predicted octanol–water partition coefficient (Wildman–Crippen LogP) is 2.34. The normalized spacial score (nSPS) is 14.5. The summed E-state index contributed by atoms with van der Waals surface area (Å²) in [6.45, 7) is 1.61. The van der Waals surface area contributed by atoms with Crippen molar-refractivity contribution in [3.05, 3.63) is 41.4 Å². The number of nitrogens with one attached hydrogen (secondary N) is 2. The van der Waals surface area contributed by atoms with Gasteiger partial charge in [-0.2, -0.15) is 4.98 Å². The number of likely N-dealkylation sites (N-methyl/N-ethyl adjacent to an activating group) is 1. The van der Waals surface area contributed by atoms with Crippen molar-refractivity contribution in [2.45, 2.75) is 13.0 Å². The highest BCUT2D eigenvalue weighted by atomic mass is 35.5. The molecule has 0 saturated carbocycles. The Hall–Kier alpha value is -2.64. The van der Waals surface area contributed by atoms with E-state index in [0.717, 1.165) is 0 Å². The van der Waals surface area contributed by atoms with Gasteiger partial charge in [0.2, 0.25) is 11.8 Å². The number of hydrogen-bond donors (Lipinski definition) is 2. The van der Waals surface area contributed by atoms with E-state index in [0.29, 0.717) is 22.2 Å². The Kier molecular flexibility index (Phi) is 4.87. The molecule has 25 heavy (non-hydrogen) atoms. The quantitative estimate of drug-likeness (QED) is 0.874. The topological polar surface area (TPSA) is 83.6 Å². The summed E-state index contributed by atoms with van der Waals surface area (Å²) in [7, 11) is 1.70. The van der Waals surface area contributed by atoms with E-state index in [9.17, 15) is 9.59 Å². The van der Waals surface area contributed by atoms with Crippen LogP contribution in [0.1, 0.15) is 6.92 Å². The van der Waals surface area contributed by atoms with Crippen molar-refractivity contribution in [3.63, 3.8) is 0 Å². The lowest BCUT2D eigenvalue weighted by atomic mass is 10.2. The third kappa shape index (κ3) is 3.57. The molecule has 0 radical (unpaired) electrons. The van der Waals surface area contributed by atoms with Crippen LogP contribution in [0.2, 0.25) is 5.02 Å². The molecule has 0 saturated heterocycles. The first-order chi connectivity index (χ1) is 12.0. The summed E-state index contributed by atoms with van der Waals surface area (Å²) in [5.41, 5.74) is 1.18. The van der Waals surface area contributed by atoms with Crippen LogP contribution in [0.3, 0.4) is 0 Å². The molecule has 2 heterocycles. The number of anilines is 3. The lowest BCUT2D eigenvalue weighted by Crippen LogP contribution is -2.37. The van der Waals surface area contributed by atoms with E-state index in [1.807, 2.05) is 0 Å². The Morgan fingerprint density at radius 3 is 2.68 bits per heavy atom. The molecule has 1 aromatic heterocycles. The second kappa shape index (κ2) is 7.08. The maximum Gasteiger partial charge on any atom is 0.269 e. The first kappa shape index (κ1) is 17.2. The SMILES string of the molecule is CNC(C)C(=O)Nc1ccc2c(n1)OCC(=O)N2c1ccc(Cl)cc1. The summed E-state index contributed by atoms with van der Waals surface area (Å²) in [6.07, 6.45) is 0. The van der Waals surface area contributed by atoms with Crippen molar-refractivity contribution in [1.29, 1.82) is 0 Å². The van der Waals surface area contributed by atoms with Crippen LogP contribution >= 0.6 is 11.6 Å². The number of halogens is 1. The molecule has 2 aromatic rings. The Labute approximate surface area is 149 Å². The summed E-state index contributed by atoms with van der Waals surface area (Å²) in [5, 5.41) is 6.14. The van der Waals surface area contributed by atoms with Gasteiger partial charge in [0.05, 0.1) is 6.04 Å². The van der Waals surface area contributed by atoms with Crippen LogP contribution in [0, 0.1) is 0 Å². The minimum atomic E-state index is -0.356. The van der Waals surface area contributed by atoms with E-state index in [1.54, 1.807) is 50.4 Å². The van der Waals surface area contributed by atoms with Gasteiger partial charge in [0.1, 0.15) is 11.5 Å². The fourth-order valence-electron chi connectivity index (χ4n) is 2.35. The number of carbonyl (C=O) groups excluding carboxylic acids is 2. The molecule has 2 amide bonds. The number of ether oxygens (including phenoxy) is 1. The van der Waals surface area contributed by atoms with Gasteiger partial charge in [-0.3, -0.25) is 14.5 Å². The molecule has 8 heteroatoms. The average molecular weight is 361 g/mol. The number of rotatable bonds is 4. The monoisotopic (exact) mass is 360 g/mol. The third-order valence-electron chi connectivity index (χ3n) is 3.83. The van der Waals surface area contributed by atoms with Crippen molar-refractivity contribution < 1.29 is 14.3 Å². The molecule has 0 spiro atoms. The van der Waals surface area contributed by atoms with E-state index >= 15 is 0 Å². The number of hydrogen-bond acceptors (Lipinski definition) is 5. The summed E-state index contributed by atoms with van der Waals surface area (Å²) in [4.78, 5) is 30.1.